The Bertz CT molecular complexity index is 878. The Labute approximate surface area is 164 Å². The molecule has 1 N–H and O–H groups in total. The number of aliphatic hydroxyl groups is 1. The van der Waals surface area contributed by atoms with Gasteiger partial charge < -0.3 is 14.6 Å². The van der Waals surface area contributed by atoms with E-state index in [0.717, 1.165) is 12.1 Å². The minimum Gasteiger partial charge on any atom is -0.457 e. The van der Waals surface area contributed by atoms with E-state index in [-0.39, 0.29) is 22.6 Å². The fourth-order valence-corrected chi connectivity index (χ4v) is 4.31. The Morgan fingerprint density at radius 1 is 1.52 bits per heavy atom. The number of nitriles is 1. The van der Waals surface area contributed by atoms with Gasteiger partial charge in [0, 0.05) is 23.8 Å². The van der Waals surface area contributed by atoms with Gasteiger partial charge in [-0.05, 0) is 42.5 Å². The van der Waals surface area contributed by atoms with Crippen LogP contribution in [0.4, 0.5) is 8.78 Å². The molecule has 3 rings (SSSR count). The van der Waals surface area contributed by atoms with Crippen LogP contribution >= 0.6 is 15.9 Å². The zero-order valence-corrected chi connectivity index (χ0v) is 16.2. The van der Waals surface area contributed by atoms with Crippen LogP contribution in [0, 0.1) is 17.1 Å². The Morgan fingerprint density at radius 2 is 2.26 bits per heavy atom. The number of benzene rings is 1. The molecule has 1 heterocycles. The van der Waals surface area contributed by atoms with Gasteiger partial charge in [0.2, 0.25) is 0 Å². The minimum absolute atomic E-state index is 0.0522. The minimum atomic E-state index is -1.67. The van der Waals surface area contributed by atoms with Gasteiger partial charge in [0.15, 0.2) is 6.17 Å². The Kier molecular flexibility index (Phi) is 5.52. The predicted molar refractivity (Wildman–Crippen MR) is 99.4 cm³/mol. The van der Waals surface area contributed by atoms with E-state index in [1.807, 2.05) is 6.07 Å². The van der Waals surface area contributed by atoms with Crippen molar-refractivity contribution >= 4 is 15.9 Å². The topological polar surface area (TPSA) is 62.5 Å². The quantitative estimate of drug-likeness (QED) is 0.709. The summed E-state index contributed by atoms with van der Waals surface area (Å²) in [6, 6.07) is 5.38. The largest absolute Gasteiger partial charge is 0.457 e. The monoisotopic (exact) mass is 437 g/mol. The van der Waals surface area contributed by atoms with Gasteiger partial charge in [0.25, 0.3) is 0 Å². The molecular weight excluding hydrogens is 420 g/mol. The molecule has 142 valence electrons. The maximum Gasteiger partial charge on any atom is 0.163 e. The first-order valence-corrected chi connectivity index (χ1v) is 9.22. The number of alkyl halides is 1. The van der Waals surface area contributed by atoms with Crippen molar-refractivity contribution in [1.82, 2.24) is 0 Å². The molecule has 3 unspecified atom stereocenters. The molecule has 0 aromatic heterocycles. The van der Waals surface area contributed by atoms with Crippen molar-refractivity contribution < 1.29 is 23.4 Å². The average molecular weight is 438 g/mol. The van der Waals surface area contributed by atoms with Gasteiger partial charge in [-0.3, -0.25) is 0 Å². The van der Waals surface area contributed by atoms with Crippen LogP contribution in [-0.2, 0) is 4.74 Å². The van der Waals surface area contributed by atoms with Gasteiger partial charge in [0.1, 0.15) is 29.0 Å². The summed E-state index contributed by atoms with van der Waals surface area (Å²) in [7, 11) is 0. The number of allylic oxidation sites excluding steroid dienone is 2. The second-order valence-electron chi connectivity index (χ2n) is 6.47. The summed E-state index contributed by atoms with van der Waals surface area (Å²) < 4.78 is 40.9. The summed E-state index contributed by atoms with van der Waals surface area (Å²) in [4.78, 5) is 0. The predicted octanol–water partition coefficient (Wildman–Crippen LogP) is 4.45. The molecule has 1 aromatic carbocycles. The number of nitrogens with zero attached hydrogens (tertiary/aromatic N) is 1. The van der Waals surface area contributed by atoms with Gasteiger partial charge in [-0.2, -0.15) is 5.26 Å². The molecular formula is C20H18BrF2NO3. The lowest BCUT2D eigenvalue weighted by molar-refractivity contribution is -0.0434. The van der Waals surface area contributed by atoms with Gasteiger partial charge >= 0.3 is 0 Å². The molecule has 1 aliphatic carbocycles. The van der Waals surface area contributed by atoms with Crippen LogP contribution in [0.2, 0.25) is 0 Å². The highest BCUT2D eigenvalue weighted by Gasteiger charge is 2.59. The van der Waals surface area contributed by atoms with E-state index >= 15 is 4.39 Å². The van der Waals surface area contributed by atoms with E-state index in [4.69, 9.17) is 14.7 Å². The summed E-state index contributed by atoms with van der Waals surface area (Å²) >= 11 is 3.39. The van der Waals surface area contributed by atoms with Gasteiger partial charge in [-0.1, -0.05) is 22.5 Å². The van der Waals surface area contributed by atoms with Crippen LogP contribution in [0.1, 0.15) is 25.3 Å². The first kappa shape index (κ1) is 19.7. The van der Waals surface area contributed by atoms with Crippen molar-refractivity contribution in [2.75, 3.05) is 6.61 Å². The Morgan fingerprint density at radius 3 is 2.81 bits per heavy atom. The number of halogens is 3. The number of rotatable bonds is 3. The van der Waals surface area contributed by atoms with Crippen molar-refractivity contribution in [3.8, 4) is 11.8 Å². The van der Waals surface area contributed by atoms with Crippen LogP contribution in [-0.4, -0.2) is 29.6 Å². The molecule has 2 aliphatic rings. The fraction of sp³-hybridized carbons (Fsp3) is 0.350. The second-order valence-corrected chi connectivity index (χ2v) is 7.66. The summed E-state index contributed by atoms with van der Waals surface area (Å²) in [6.07, 6.45) is -0.729. The van der Waals surface area contributed by atoms with E-state index in [1.165, 1.54) is 12.1 Å². The number of aliphatic hydroxyl groups excluding tert-OH is 1. The normalized spacial score (nSPS) is 31.0. The Hall–Kier alpha value is -2.01. The highest BCUT2D eigenvalue weighted by molar-refractivity contribution is 9.11. The smallest absolute Gasteiger partial charge is 0.163 e. The SMILES string of the molecule is C=C/C(Oc1cc(F)cc(C#N)c1)=C1\C(=C(/C)Br)C2(CCCO2)C(F)C1O. The molecule has 1 aromatic rings. The molecule has 7 heteroatoms. The zero-order chi connectivity index (χ0) is 19.8. The molecule has 0 amide bonds. The fourth-order valence-electron chi connectivity index (χ4n) is 3.76. The molecule has 0 bridgehead atoms. The van der Waals surface area contributed by atoms with Crippen molar-refractivity contribution in [2.24, 2.45) is 0 Å². The number of hydrogen-bond donors (Lipinski definition) is 1. The first-order chi connectivity index (χ1) is 12.8. The molecule has 1 saturated carbocycles. The second kappa shape index (κ2) is 7.55. The number of ether oxygens (including phenoxy) is 2. The third-order valence-corrected chi connectivity index (χ3v) is 5.18. The molecule has 4 nitrogen and oxygen atoms in total. The van der Waals surface area contributed by atoms with Crippen molar-refractivity contribution in [1.29, 1.82) is 5.26 Å². The van der Waals surface area contributed by atoms with Gasteiger partial charge in [0.05, 0.1) is 11.6 Å². The third kappa shape index (κ3) is 3.33. The third-order valence-electron chi connectivity index (χ3n) is 4.79. The van der Waals surface area contributed by atoms with E-state index in [2.05, 4.69) is 22.5 Å². The van der Waals surface area contributed by atoms with Gasteiger partial charge in [-0.25, -0.2) is 8.78 Å². The van der Waals surface area contributed by atoms with Crippen molar-refractivity contribution in [3.63, 3.8) is 0 Å². The molecule has 1 saturated heterocycles. The molecule has 0 radical (unpaired) electrons. The molecule has 1 spiro atoms. The average Bonchev–Trinajstić information content (AvgIpc) is 3.19. The van der Waals surface area contributed by atoms with Gasteiger partial charge in [-0.15, -0.1) is 0 Å². The summed E-state index contributed by atoms with van der Waals surface area (Å²) in [5.41, 5.74) is -0.486. The highest BCUT2D eigenvalue weighted by atomic mass is 79.9. The Balaban J connectivity index is 2.13. The van der Waals surface area contributed by atoms with Crippen molar-refractivity contribution in [2.45, 2.75) is 37.6 Å². The lowest BCUT2D eigenvalue weighted by atomic mass is 9.91. The first-order valence-electron chi connectivity index (χ1n) is 8.42. The van der Waals surface area contributed by atoms with E-state index in [9.17, 15) is 9.50 Å². The summed E-state index contributed by atoms with van der Waals surface area (Å²) in [5.74, 6) is -0.506. The maximum atomic E-state index is 15.1. The van der Waals surface area contributed by atoms with E-state index in [0.29, 0.717) is 29.5 Å². The van der Waals surface area contributed by atoms with E-state index in [1.54, 1.807) is 6.92 Å². The zero-order valence-electron chi connectivity index (χ0n) is 14.6. The molecule has 27 heavy (non-hydrogen) atoms. The molecule has 3 atom stereocenters. The lowest BCUT2D eigenvalue weighted by Crippen LogP contribution is -2.39. The van der Waals surface area contributed by atoms with Crippen LogP contribution < -0.4 is 4.74 Å². The standard InChI is InChI=1S/C20H18BrF2NO3/c1-3-15(27-14-8-12(10-24)7-13(22)9-14)16-17(11(2)21)20(5-4-6-26-20)19(23)18(16)25/h3,7-9,18-19,25H,1,4-6H2,2H3/b16-15-,17-11-. The molecule has 2 fully saturated rings. The van der Waals surface area contributed by atoms with E-state index < -0.39 is 23.7 Å². The van der Waals surface area contributed by atoms with Crippen molar-refractivity contribution in [3.05, 3.63) is 63.6 Å². The molecule has 1 aliphatic heterocycles. The lowest BCUT2D eigenvalue weighted by Gasteiger charge is -2.27. The van der Waals surface area contributed by atoms with Crippen LogP contribution in [0.25, 0.3) is 0 Å². The highest BCUT2D eigenvalue weighted by Crippen LogP contribution is 2.52. The van der Waals surface area contributed by atoms with Crippen LogP contribution in [0.15, 0.2) is 52.2 Å². The number of hydrogen-bond acceptors (Lipinski definition) is 4. The van der Waals surface area contributed by atoms with Crippen LogP contribution in [0.5, 0.6) is 5.75 Å². The van der Waals surface area contributed by atoms with Crippen LogP contribution in [0.3, 0.4) is 0 Å². The summed E-state index contributed by atoms with van der Waals surface area (Å²) in [5, 5.41) is 19.6. The summed E-state index contributed by atoms with van der Waals surface area (Å²) in [6.45, 7) is 5.81. The maximum absolute atomic E-state index is 15.1.